The first-order valence-electron chi connectivity index (χ1n) is 10.7. The molecule has 6 rings (SSSR count). The van der Waals surface area contributed by atoms with E-state index in [1.165, 1.54) is 33.4 Å². The molecule has 3 aromatic rings. The van der Waals surface area contributed by atoms with Gasteiger partial charge in [0.25, 0.3) is 0 Å². The number of fused-ring (bicyclic) bond motifs is 3. The smallest absolute Gasteiger partial charge is 0.225 e. The van der Waals surface area contributed by atoms with Crippen molar-refractivity contribution < 1.29 is 4.43 Å². The van der Waals surface area contributed by atoms with Crippen molar-refractivity contribution in [1.82, 2.24) is 0 Å². The van der Waals surface area contributed by atoms with E-state index in [2.05, 4.69) is 109 Å². The fourth-order valence-corrected chi connectivity index (χ4v) is 11.3. The molecule has 147 valence electrons. The van der Waals surface area contributed by atoms with Gasteiger partial charge in [-0.3, -0.25) is 0 Å². The summed E-state index contributed by atoms with van der Waals surface area (Å²) in [4.78, 5) is 0. The zero-order valence-electron chi connectivity index (χ0n) is 18.0. The predicted octanol–water partition coefficient (Wildman–Crippen LogP) is 6.25. The van der Waals surface area contributed by atoms with Crippen LogP contribution in [0, 0.1) is 0 Å². The molecule has 1 nitrogen and oxygen atoms in total. The quantitative estimate of drug-likeness (QED) is 0.461. The molecule has 3 aliphatic rings. The van der Waals surface area contributed by atoms with Gasteiger partial charge in [-0.15, -0.1) is 0 Å². The molecule has 3 aromatic carbocycles. The minimum atomic E-state index is -2.48. The summed E-state index contributed by atoms with van der Waals surface area (Å²) in [6.45, 7) is 0. The van der Waals surface area contributed by atoms with Crippen LogP contribution in [0.1, 0.15) is 50.0 Å². The second-order valence-electron chi connectivity index (χ2n) is 8.45. The molecule has 31 heavy (non-hydrogen) atoms. The van der Waals surface area contributed by atoms with Gasteiger partial charge in [-0.25, -0.2) is 0 Å². The third-order valence-electron chi connectivity index (χ3n) is 7.21. The molecule has 0 N–H and O–H groups in total. The van der Waals surface area contributed by atoms with E-state index in [1.807, 2.05) is 7.11 Å². The Morgan fingerprint density at radius 1 is 0.548 bits per heavy atom. The fraction of sp³-hybridized carbons (Fsp3) is 0.143. The van der Waals surface area contributed by atoms with Gasteiger partial charge in [0, 0.05) is 42.6 Å². The number of hydrogen-bond donors (Lipinski definition) is 0. The maximum absolute atomic E-state index is 6.85. The monoisotopic (exact) mass is 411 g/mol. The minimum Gasteiger partial charge on any atom is -0.417 e. The van der Waals surface area contributed by atoms with Gasteiger partial charge in [-0.1, -0.05) is 109 Å². The van der Waals surface area contributed by atoms with Crippen LogP contribution in [-0.4, -0.2) is 34.3 Å². The molecule has 1 radical (unpaired) electrons. The Balaban J connectivity index is 0.00000204. The molecule has 0 saturated heterocycles. The van der Waals surface area contributed by atoms with Crippen LogP contribution < -0.4 is 0 Å². The van der Waals surface area contributed by atoms with Crippen molar-refractivity contribution in [2.24, 2.45) is 0 Å². The zero-order chi connectivity index (χ0) is 20.1. The largest absolute Gasteiger partial charge is 0.417 e. The summed E-state index contributed by atoms with van der Waals surface area (Å²) >= 11 is 0. The van der Waals surface area contributed by atoms with Gasteiger partial charge >= 0.3 is 0 Å². The predicted molar refractivity (Wildman–Crippen MR) is 133 cm³/mol. The molecule has 3 aliphatic carbocycles. The van der Waals surface area contributed by atoms with Crippen molar-refractivity contribution >= 4 is 45.4 Å². The summed E-state index contributed by atoms with van der Waals surface area (Å²) in [7, 11) is -0.522. The molecule has 0 aliphatic heterocycles. The van der Waals surface area contributed by atoms with Crippen LogP contribution in [0.4, 0.5) is 0 Å². The molecule has 0 aromatic heterocycles. The maximum atomic E-state index is 6.85. The van der Waals surface area contributed by atoms with Crippen molar-refractivity contribution in [2.75, 3.05) is 7.11 Å². The molecule has 0 spiro atoms. The SMILES string of the molecule is CO[Si](C1C=Cc2ccccc21)(C1C=Cc2ccccc21)C1C=Cc2ccccc21.[Li]. The van der Waals surface area contributed by atoms with E-state index in [9.17, 15) is 0 Å². The normalized spacial score (nSPS) is 23.7. The van der Waals surface area contributed by atoms with Crippen LogP contribution in [0.15, 0.2) is 91.0 Å². The minimum absolute atomic E-state index is 0. The van der Waals surface area contributed by atoms with Crippen LogP contribution in [0.5, 0.6) is 0 Å². The Bertz CT molecular complexity index is 1080. The van der Waals surface area contributed by atoms with E-state index >= 15 is 0 Å². The van der Waals surface area contributed by atoms with Crippen LogP contribution in [0.2, 0.25) is 0 Å². The molecular weight excluding hydrogens is 387 g/mol. The molecule has 0 heterocycles. The summed E-state index contributed by atoms with van der Waals surface area (Å²) in [6.07, 6.45) is 14.2. The Morgan fingerprint density at radius 2 is 0.871 bits per heavy atom. The Hall–Kier alpha value is -2.35. The number of hydrogen-bond acceptors (Lipinski definition) is 1. The van der Waals surface area contributed by atoms with Crippen molar-refractivity contribution in [1.29, 1.82) is 0 Å². The van der Waals surface area contributed by atoms with Crippen molar-refractivity contribution in [2.45, 2.75) is 16.6 Å². The molecule has 0 fully saturated rings. The van der Waals surface area contributed by atoms with Crippen molar-refractivity contribution in [3.8, 4) is 0 Å². The van der Waals surface area contributed by atoms with Crippen molar-refractivity contribution in [3.05, 3.63) is 124 Å². The summed E-state index contributed by atoms with van der Waals surface area (Å²) in [5.41, 5.74) is 9.18. The third kappa shape index (κ3) is 2.94. The van der Waals surface area contributed by atoms with E-state index in [0.29, 0.717) is 16.6 Å². The van der Waals surface area contributed by atoms with Crippen LogP contribution in [0.25, 0.3) is 18.2 Å². The van der Waals surface area contributed by atoms with E-state index in [1.54, 1.807) is 0 Å². The van der Waals surface area contributed by atoms with Gasteiger partial charge in [0.2, 0.25) is 8.32 Å². The summed E-state index contributed by atoms with van der Waals surface area (Å²) in [5.74, 6) is 0. The third-order valence-corrected chi connectivity index (χ3v) is 12.3. The Labute approximate surface area is 197 Å². The van der Waals surface area contributed by atoms with Gasteiger partial charge in [-0.05, 0) is 33.4 Å². The molecule has 3 atom stereocenters. The maximum Gasteiger partial charge on any atom is 0.225 e. The number of rotatable bonds is 4. The van der Waals surface area contributed by atoms with Gasteiger partial charge in [0.05, 0.1) is 0 Å². The Kier molecular flexibility index (Phi) is 5.28. The number of benzene rings is 3. The topological polar surface area (TPSA) is 9.23 Å². The van der Waals surface area contributed by atoms with Gasteiger partial charge in [-0.2, -0.15) is 0 Å². The summed E-state index contributed by atoms with van der Waals surface area (Å²) in [6, 6.07) is 26.5. The standard InChI is InChI=1S/C28H24OSi.Li/c1-29-30(26-17-14-20-8-2-5-11-23(20)26,27-18-15-21-9-3-6-12-24(21)27)28-19-16-22-10-4-7-13-25(22)28;/h2-19,26-28H,1H3;. The van der Waals surface area contributed by atoms with E-state index in [4.69, 9.17) is 4.43 Å². The molecule has 3 heteroatoms. The fourth-order valence-electron chi connectivity index (χ4n) is 5.89. The average molecular weight is 412 g/mol. The molecule has 0 bridgehead atoms. The van der Waals surface area contributed by atoms with Gasteiger partial charge in [0.1, 0.15) is 0 Å². The average Bonchev–Trinajstić information content (AvgIpc) is 3.53. The van der Waals surface area contributed by atoms with Crippen LogP contribution in [-0.2, 0) is 4.43 Å². The van der Waals surface area contributed by atoms with E-state index < -0.39 is 8.32 Å². The molecule has 3 unspecified atom stereocenters. The molecule has 0 saturated carbocycles. The van der Waals surface area contributed by atoms with Crippen molar-refractivity contribution in [3.63, 3.8) is 0 Å². The van der Waals surface area contributed by atoms with E-state index in [-0.39, 0.29) is 18.9 Å². The van der Waals surface area contributed by atoms with E-state index in [0.717, 1.165) is 0 Å². The number of allylic oxidation sites excluding steroid dienone is 3. The second-order valence-corrected chi connectivity index (χ2v) is 12.4. The zero-order valence-corrected chi connectivity index (χ0v) is 19.0. The summed E-state index contributed by atoms with van der Waals surface area (Å²) in [5, 5.41) is 0. The molecule has 0 amide bonds. The first-order chi connectivity index (χ1) is 14.8. The second kappa shape index (κ2) is 7.97. The molecular formula is C28H24LiOSi. The van der Waals surface area contributed by atoms with Gasteiger partial charge in [0.15, 0.2) is 0 Å². The Morgan fingerprint density at radius 3 is 1.19 bits per heavy atom. The first kappa shape index (κ1) is 20.6. The van der Waals surface area contributed by atoms with Crippen LogP contribution in [0.3, 0.4) is 0 Å². The summed E-state index contributed by atoms with van der Waals surface area (Å²) < 4.78 is 6.85. The first-order valence-corrected chi connectivity index (χ1v) is 12.8. The van der Waals surface area contributed by atoms with Gasteiger partial charge < -0.3 is 4.43 Å². The van der Waals surface area contributed by atoms with Crippen LogP contribution >= 0.6 is 0 Å².